The molecule has 0 saturated carbocycles. The van der Waals surface area contributed by atoms with Gasteiger partial charge in [-0.2, -0.15) is 0 Å². The Bertz CT molecular complexity index is 989. The van der Waals surface area contributed by atoms with E-state index >= 15 is 0 Å². The summed E-state index contributed by atoms with van der Waals surface area (Å²) < 4.78 is 3.83. The number of hydrogen-bond donors (Lipinski definition) is 0. The molecule has 3 rings (SSSR count). The minimum absolute atomic E-state index is 0.102. The second-order valence-corrected chi connectivity index (χ2v) is 11.5. The third-order valence-corrected chi connectivity index (χ3v) is 8.77. The number of allylic oxidation sites excluding steroid dienone is 1. The maximum absolute atomic E-state index is 12.9. The van der Waals surface area contributed by atoms with E-state index in [1.807, 2.05) is 12.1 Å². The first-order valence-corrected chi connectivity index (χ1v) is 14.0. The van der Waals surface area contributed by atoms with Crippen LogP contribution in [0.3, 0.4) is 0 Å². The van der Waals surface area contributed by atoms with E-state index in [-0.39, 0.29) is 20.7 Å². The fraction of sp³-hybridized carbons (Fsp3) is 0.185. The quantitative estimate of drug-likeness (QED) is 0.212. The molecule has 30 heavy (non-hydrogen) atoms. The molecule has 0 aliphatic rings. The van der Waals surface area contributed by atoms with Crippen molar-refractivity contribution in [3.8, 4) is 0 Å². The third kappa shape index (κ3) is 7.29. The van der Waals surface area contributed by atoms with Crippen LogP contribution in [-0.4, -0.2) is 35.7 Å². The monoisotopic (exact) mass is 526 g/mol. The van der Waals surface area contributed by atoms with Gasteiger partial charge in [0, 0.05) is 0 Å². The average Bonchev–Trinajstić information content (AvgIpc) is 2.80. The SMILES string of the molecule is CCCC(=O)C(=C=C([Se]c1ccccc1)c1ccccc1)CC[Se]c1ccccc1. The molecule has 0 radical (unpaired) electrons. The van der Waals surface area contributed by atoms with Crippen LogP contribution in [0.1, 0.15) is 31.7 Å². The van der Waals surface area contributed by atoms with Crippen molar-refractivity contribution >= 4 is 49.1 Å². The van der Waals surface area contributed by atoms with Crippen LogP contribution < -0.4 is 8.92 Å². The molecule has 3 aromatic carbocycles. The van der Waals surface area contributed by atoms with Crippen molar-refractivity contribution in [2.45, 2.75) is 31.5 Å². The van der Waals surface area contributed by atoms with Gasteiger partial charge in [-0.25, -0.2) is 0 Å². The van der Waals surface area contributed by atoms with Crippen LogP contribution in [0.4, 0.5) is 0 Å². The summed E-state index contributed by atoms with van der Waals surface area (Å²) in [4.78, 5) is 12.9. The van der Waals surface area contributed by atoms with Crippen LogP contribution in [0.5, 0.6) is 0 Å². The van der Waals surface area contributed by atoms with E-state index in [4.69, 9.17) is 0 Å². The molecule has 0 N–H and O–H groups in total. The van der Waals surface area contributed by atoms with Gasteiger partial charge >= 0.3 is 193 Å². The Hall–Kier alpha value is -2.11. The van der Waals surface area contributed by atoms with Gasteiger partial charge in [0.15, 0.2) is 0 Å². The van der Waals surface area contributed by atoms with Crippen molar-refractivity contribution in [3.05, 3.63) is 108 Å². The van der Waals surface area contributed by atoms with E-state index in [1.54, 1.807) is 0 Å². The van der Waals surface area contributed by atoms with Crippen molar-refractivity contribution in [2.24, 2.45) is 0 Å². The second-order valence-electron chi connectivity index (χ2n) is 6.80. The summed E-state index contributed by atoms with van der Waals surface area (Å²) in [5.74, 6) is 0.249. The number of Topliss-reactive ketones (excluding diaryl/α,β-unsaturated/α-hetero) is 1. The van der Waals surface area contributed by atoms with Gasteiger partial charge in [-0.15, -0.1) is 0 Å². The Balaban J connectivity index is 1.92. The third-order valence-electron chi connectivity index (χ3n) is 4.44. The Morgan fingerprint density at radius 1 is 0.767 bits per heavy atom. The summed E-state index contributed by atoms with van der Waals surface area (Å²) in [6, 6.07) is 31.5. The van der Waals surface area contributed by atoms with E-state index < -0.39 is 0 Å². The van der Waals surface area contributed by atoms with Crippen molar-refractivity contribution in [1.29, 1.82) is 0 Å². The zero-order valence-corrected chi connectivity index (χ0v) is 20.6. The number of hydrogen-bond acceptors (Lipinski definition) is 1. The van der Waals surface area contributed by atoms with Gasteiger partial charge in [-0.3, -0.25) is 0 Å². The Kier molecular flexibility index (Phi) is 9.45. The molecule has 0 aliphatic carbocycles. The Labute approximate surface area is 192 Å². The topological polar surface area (TPSA) is 17.1 Å². The van der Waals surface area contributed by atoms with E-state index in [0.29, 0.717) is 21.4 Å². The molecule has 0 bridgehead atoms. The molecule has 152 valence electrons. The van der Waals surface area contributed by atoms with Crippen molar-refractivity contribution in [3.63, 3.8) is 0 Å². The molecule has 0 atom stereocenters. The zero-order valence-electron chi connectivity index (χ0n) is 17.2. The van der Waals surface area contributed by atoms with Crippen molar-refractivity contribution < 1.29 is 4.79 Å². The van der Waals surface area contributed by atoms with Crippen LogP contribution >= 0.6 is 0 Å². The number of ketones is 1. The summed E-state index contributed by atoms with van der Waals surface area (Å²) in [7, 11) is 0. The van der Waals surface area contributed by atoms with Gasteiger partial charge < -0.3 is 0 Å². The first-order valence-electron chi connectivity index (χ1n) is 10.3. The summed E-state index contributed by atoms with van der Waals surface area (Å²) in [5, 5.41) is 1.02. The van der Waals surface area contributed by atoms with Crippen LogP contribution in [0.25, 0.3) is 4.47 Å². The summed E-state index contributed by atoms with van der Waals surface area (Å²) in [6.07, 6.45) is 2.27. The molecule has 0 heterocycles. The number of rotatable bonds is 10. The zero-order chi connectivity index (χ0) is 21.0. The van der Waals surface area contributed by atoms with Crippen molar-refractivity contribution in [2.75, 3.05) is 0 Å². The summed E-state index contributed by atoms with van der Waals surface area (Å²) in [5.41, 5.74) is 5.64. The molecule has 0 spiro atoms. The molecular formula is C27H26OSe2. The average molecular weight is 524 g/mol. The number of carbonyl (C=O) groups is 1. The summed E-state index contributed by atoms with van der Waals surface area (Å²) >= 11 is 0.475. The van der Waals surface area contributed by atoms with E-state index in [9.17, 15) is 4.79 Å². The molecule has 3 heteroatoms. The Morgan fingerprint density at radius 3 is 1.93 bits per heavy atom. The molecule has 0 unspecified atom stereocenters. The van der Waals surface area contributed by atoms with Gasteiger partial charge in [0.2, 0.25) is 0 Å². The predicted molar refractivity (Wildman–Crippen MR) is 130 cm³/mol. The number of benzene rings is 3. The van der Waals surface area contributed by atoms with Crippen LogP contribution in [0.2, 0.25) is 5.32 Å². The van der Waals surface area contributed by atoms with Crippen molar-refractivity contribution in [1.82, 2.24) is 0 Å². The first-order chi connectivity index (χ1) is 14.8. The van der Waals surface area contributed by atoms with Gasteiger partial charge in [-0.05, 0) is 0 Å². The van der Waals surface area contributed by atoms with Gasteiger partial charge in [0.25, 0.3) is 0 Å². The molecule has 0 aromatic heterocycles. The Morgan fingerprint density at radius 2 is 1.33 bits per heavy atom. The van der Waals surface area contributed by atoms with Gasteiger partial charge in [0.1, 0.15) is 0 Å². The molecule has 0 amide bonds. The second kappa shape index (κ2) is 12.6. The molecule has 0 saturated heterocycles. The van der Waals surface area contributed by atoms with E-state index in [0.717, 1.165) is 33.8 Å². The van der Waals surface area contributed by atoms with Crippen LogP contribution in [0.15, 0.2) is 102 Å². The predicted octanol–water partition coefficient (Wildman–Crippen LogP) is 4.79. The van der Waals surface area contributed by atoms with E-state index in [2.05, 4.69) is 91.5 Å². The molecule has 0 aliphatic heterocycles. The first kappa shape index (κ1) is 22.6. The molecular weight excluding hydrogens is 498 g/mol. The van der Waals surface area contributed by atoms with Gasteiger partial charge in [-0.1, -0.05) is 0 Å². The molecule has 0 fully saturated rings. The standard InChI is InChI=1S/C27H26OSe2/c1-2-12-26(28)23(19-20-29-24-15-8-4-9-16-24)21-27(22-13-6-3-7-14-22)30-25-17-10-5-11-18-25/h3-11,13-18H,2,12,19-20H2,1H3. The normalized spacial score (nSPS) is 10.3. The van der Waals surface area contributed by atoms with Crippen LogP contribution in [0, 0.1) is 0 Å². The fourth-order valence-electron chi connectivity index (χ4n) is 2.93. The molecule has 3 aromatic rings. The van der Waals surface area contributed by atoms with E-state index in [1.165, 1.54) is 8.92 Å². The fourth-order valence-corrected chi connectivity index (χ4v) is 6.81. The molecule has 1 nitrogen and oxygen atoms in total. The summed E-state index contributed by atoms with van der Waals surface area (Å²) in [6.45, 7) is 2.07. The number of carbonyl (C=O) groups excluding carboxylic acids is 1. The maximum atomic E-state index is 12.9. The minimum atomic E-state index is 0.102. The van der Waals surface area contributed by atoms with Crippen LogP contribution in [-0.2, 0) is 4.79 Å². The van der Waals surface area contributed by atoms with Gasteiger partial charge in [0.05, 0.1) is 0 Å².